The average Bonchev–Trinajstić information content (AvgIpc) is 3.13. The van der Waals surface area contributed by atoms with Crippen LogP contribution in [-0.4, -0.2) is 50.0 Å². The Balaban J connectivity index is 1.11. The first-order valence-electron chi connectivity index (χ1n) is 11.5. The van der Waals surface area contributed by atoms with Gasteiger partial charge in [0.25, 0.3) is 0 Å². The van der Waals surface area contributed by atoms with Crippen LogP contribution in [0.15, 0.2) is 46.3 Å². The van der Waals surface area contributed by atoms with Crippen molar-refractivity contribution in [2.75, 3.05) is 25.4 Å². The van der Waals surface area contributed by atoms with Gasteiger partial charge in [0.15, 0.2) is 11.0 Å². The molecular weight excluding hydrogens is 482 g/mol. The highest BCUT2D eigenvalue weighted by molar-refractivity contribution is 7.99. The number of likely N-dealkylation sites (tertiary alicyclic amines) is 1. The summed E-state index contributed by atoms with van der Waals surface area (Å²) in [5, 5.41) is 9.19. The molecule has 0 unspecified atom stereocenters. The Morgan fingerprint density at radius 3 is 2.80 bits per heavy atom. The first kappa shape index (κ1) is 24.1. The molecule has 1 saturated heterocycles. The standard InChI is InChI=1S/C24H25F4N5OS/c1-32-21(19-4-2-5-20(34)29-19)30-31-22(32)35-11-3-9-33-10-8-23(14-33)13-17(23)16-7-6-15(12-18(16)25)24(26,27)28/h2,4-7,12,17H,3,8-11,13-14H2,1H3,(H,29,34)/t17-,23-/m0/s1. The highest BCUT2D eigenvalue weighted by Crippen LogP contribution is 2.64. The molecule has 2 aliphatic rings. The molecule has 186 valence electrons. The number of hydrogen-bond donors (Lipinski definition) is 1. The van der Waals surface area contributed by atoms with Crippen molar-refractivity contribution in [2.24, 2.45) is 12.5 Å². The molecule has 2 aromatic heterocycles. The molecular formula is C24H25F4N5OS. The minimum absolute atomic E-state index is 0.00866. The zero-order chi connectivity index (χ0) is 24.8. The van der Waals surface area contributed by atoms with Gasteiger partial charge in [0, 0.05) is 25.4 Å². The molecule has 0 radical (unpaired) electrons. The van der Waals surface area contributed by atoms with E-state index in [1.54, 1.807) is 23.9 Å². The molecule has 1 saturated carbocycles. The lowest BCUT2D eigenvalue weighted by Gasteiger charge is -2.16. The van der Waals surface area contributed by atoms with Crippen LogP contribution < -0.4 is 5.56 Å². The highest BCUT2D eigenvalue weighted by atomic mass is 32.2. The minimum Gasteiger partial charge on any atom is -0.319 e. The number of rotatable bonds is 7. The number of pyridine rings is 1. The van der Waals surface area contributed by atoms with E-state index in [4.69, 9.17) is 0 Å². The number of aromatic nitrogens is 4. The fraction of sp³-hybridized carbons (Fsp3) is 0.458. The second kappa shape index (κ2) is 9.09. The van der Waals surface area contributed by atoms with Gasteiger partial charge < -0.3 is 14.5 Å². The number of nitrogens with zero attached hydrogens (tertiary/aromatic N) is 4. The molecule has 1 aliphatic heterocycles. The van der Waals surface area contributed by atoms with Gasteiger partial charge in [0.2, 0.25) is 5.56 Å². The summed E-state index contributed by atoms with van der Waals surface area (Å²) in [6.45, 7) is 2.66. The van der Waals surface area contributed by atoms with E-state index >= 15 is 0 Å². The number of H-pyrrole nitrogens is 1. The molecule has 1 aliphatic carbocycles. The van der Waals surface area contributed by atoms with E-state index in [1.807, 2.05) is 11.6 Å². The molecule has 5 rings (SSSR count). The summed E-state index contributed by atoms with van der Waals surface area (Å²) < 4.78 is 54.8. The molecule has 3 aromatic rings. The SMILES string of the molecule is Cn1c(SCCCN2CC[C@]3(C[C@H]3c3ccc(C(F)(F)F)cc3F)C2)nnc1-c1cccc(=O)[nH]1. The Labute approximate surface area is 203 Å². The summed E-state index contributed by atoms with van der Waals surface area (Å²) in [4.78, 5) is 16.7. The topological polar surface area (TPSA) is 66.8 Å². The van der Waals surface area contributed by atoms with Crippen molar-refractivity contribution in [3.63, 3.8) is 0 Å². The summed E-state index contributed by atoms with van der Waals surface area (Å²) in [5.41, 5.74) is -0.120. The first-order chi connectivity index (χ1) is 16.7. The monoisotopic (exact) mass is 507 g/mol. The van der Waals surface area contributed by atoms with Gasteiger partial charge in [-0.1, -0.05) is 23.9 Å². The van der Waals surface area contributed by atoms with Gasteiger partial charge in [0.05, 0.1) is 11.3 Å². The van der Waals surface area contributed by atoms with Crippen molar-refractivity contribution in [3.8, 4) is 11.5 Å². The number of halogens is 4. The summed E-state index contributed by atoms with van der Waals surface area (Å²) in [6.07, 6.45) is -1.84. The maximum atomic E-state index is 14.4. The van der Waals surface area contributed by atoms with Gasteiger partial charge in [-0.05, 0) is 67.4 Å². The maximum Gasteiger partial charge on any atom is 0.416 e. The van der Waals surface area contributed by atoms with Crippen molar-refractivity contribution >= 4 is 11.8 Å². The Morgan fingerprint density at radius 1 is 1.23 bits per heavy atom. The van der Waals surface area contributed by atoms with Gasteiger partial charge >= 0.3 is 6.18 Å². The van der Waals surface area contributed by atoms with Gasteiger partial charge in [-0.3, -0.25) is 4.79 Å². The van der Waals surface area contributed by atoms with Crippen molar-refractivity contribution in [3.05, 3.63) is 63.7 Å². The van der Waals surface area contributed by atoms with Gasteiger partial charge in [0.1, 0.15) is 5.82 Å². The lowest BCUT2D eigenvalue weighted by atomic mass is 9.97. The summed E-state index contributed by atoms with van der Waals surface area (Å²) in [7, 11) is 1.86. The Morgan fingerprint density at radius 2 is 2.06 bits per heavy atom. The van der Waals surface area contributed by atoms with Crippen molar-refractivity contribution in [1.82, 2.24) is 24.6 Å². The largest absolute Gasteiger partial charge is 0.416 e. The number of alkyl halides is 3. The number of nitrogens with one attached hydrogen (secondary N) is 1. The molecule has 0 amide bonds. The third kappa shape index (κ3) is 4.88. The normalized spacial score (nSPS) is 22.3. The second-order valence-electron chi connectivity index (χ2n) is 9.38. The molecule has 11 heteroatoms. The number of thioether (sulfide) groups is 1. The summed E-state index contributed by atoms with van der Waals surface area (Å²) in [5.74, 6) is 0.685. The van der Waals surface area contributed by atoms with Crippen LogP contribution in [0.25, 0.3) is 11.5 Å². The smallest absolute Gasteiger partial charge is 0.319 e. The minimum atomic E-state index is -4.53. The third-order valence-electron chi connectivity index (χ3n) is 7.05. The highest BCUT2D eigenvalue weighted by Gasteiger charge is 2.58. The predicted molar refractivity (Wildman–Crippen MR) is 125 cm³/mol. The first-order valence-corrected chi connectivity index (χ1v) is 12.5. The average molecular weight is 508 g/mol. The van der Waals surface area contributed by atoms with Gasteiger partial charge in [-0.15, -0.1) is 10.2 Å². The van der Waals surface area contributed by atoms with Crippen LogP contribution >= 0.6 is 11.8 Å². The number of aromatic amines is 1. The van der Waals surface area contributed by atoms with Crippen molar-refractivity contribution < 1.29 is 17.6 Å². The molecule has 2 atom stereocenters. The summed E-state index contributed by atoms with van der Waals surface area (Å²) >= 11 is 1.60. The fourth-order valence-corrected chi connectivity index (χ4v) is 5.94. The Bertz CT molecular complexity index is 1290. The molecule has 3 heterocycles. The van der Waals surface area contributed by atoms with E-state index in [2.05, 4.69) is 20.1 Å². The molecule has 6 nitrogen and oxygen atoms in total. The van der Waals surface area contributed by atoms with E-state index < -0.39 is 17.6 Å². The van der Waals surface area contributed by atoms with Crippen molar-refractivity contribution in [2.45, 2.75) is 36.5 Å². The van der Waals surface area contributed by atoms with Gasteiger partial charge in [-0.25, -0.2) is 4.39 Å². The predicted octanol–water partition coefficient (Wildman–Crippen LogP) is 4.69. The molecule has 1 aromatic carbocycles. The quantitative estimate of drug-likeness (QED) is 0.286. The maximum absolute atomic E-state index is 14.4. The van der Waals surface area contributed by atoms with E-state index in [1.165, 1.54) is 12.1 Å². The Kier molecular flexibility index (Phi) is 6.25. The number of benzene rings is 1. The van der Waals surface area contributed by atoms with E-state index in [9.17, 15) is 22.4 Å². The van der Waals surface area contributed by atoms with Crippen LogP contribution in [0.2, 0.25) is 0 Å². The molecule has 1 N–H and O–H groups in total. The number of hydrogen-bond acceptors (Lipinski definition) is 5. The molecule has 2 fully saturated rings. The van der Waals surface area contributed by atoms with Crippen LogP contribution in [0.4, 0.5) is 17.6 Å². The van der Waals surface area contributed by atoms with Crippen LogP contribution in [-0.2, 0) is 13.2 Å². The lowest BCUT2D eigenvalue weighted by molar-refractivity contribution is -0.137. The van der Waals surface area contributed by atoms with Gasteiger partial charge in [-0.2, -0.15) is 13.2 Å². The van der Waals surface area contributed by atoms with Crippen LogP contribution in [0.3, 0.4) is 0 Å². The Hall–Kier alpha value is -2.66. The van der Waals surface area contributed by atoms with Crippen LogP contribution in [0, 0.1) is 11.2 Å². The fourth-order valence-electron chi connectivity index (χ4n) is 5.10. The molecule has 35 heavy (non-hydrogen) atoms. The van der Waals surface area contributed by atoms with Crippen LogP contribution in [0.5, 0.6) is 0 Å². The van der Waals surface area contributed by atoms with E-state index in [-0.39, 0.29) is 16.9 Å². The van der Waals surface area contributed by atoms with Crippen LogP contribution in [0.1, 0.15) is 36.3 Å². The third-order valence-corrected chi connectivity index (χ3v) is 8.16. The van der Waals surface area contributed by atoms with Crippen molar-refractivity contribution in [1.29, 1.82) is 0 Å². The van der Waals surface area contributed by atoms with E-state index in [0.29, 0.717) is 23.1 Å². The zero-order valence-corrected chi connectivity index (χ0v) is 19.9. The van der Waals surface area contributed by atoms with E-state index in [0.717, 1.165) is 55.9 Å². The molecule has 1 spiro atoms. The second-order valence-corrected chi connectivity index (χ2v) is 10.4. The molecule has 0 bridgehead atoms. The summed E-state index contributed by atoms with van der Waals surface area (Å²) in [6, 6.07) is 7.83. The lowest BCUT2D eigenvalue weighted by Crippen LogP contribution is -2.23. The zero-order valence-electron chi connectivity index (χ0n) is 19.1.